The van der Waals surface area contributed by atoms with Crippen molar-refractivity contribution in [1.82, 2.24) is 0 Å². The second kappa shape index (κ2) is 6.22. The average Bonchev–Trinajstić information content (AvgIpc) is 2.94. The van der Waals surface area contributed by atoms with Gasteiger partial charge in [0.25, 0.3) is 5.69 Å². The molecule has 0 aliphatic rings. The topological polar surface area (TPSA) is 103 Å². The lowest BCUT2D eigenvalue weighted by molar-refractivity contribution is -0.384. The molecule has 0 aliphatic heterocycles. The lowest BCUT2D eigenvalue weighted by Gasteiger charge is -1.98. The number of nitro groups is 2. The Morgan fingerprint density at radius 3 is 2.50 bits per heavy atom. The van der Waals surface area contributed by atoms with Gasteiger partial charge in [-0.25, -0.2) is 4.39 Å². The number of allylic oxidation sites excluding steroid dienone is 1. The van der Waals surface area contributed by atoms with Gasteiger partial charge in [-0.1, -0.05) is 11.3 Å². The summed E-state index contributed by atoms with van der Waals surface area (Å²) in [6.07, 6.45) is 2.29. The van der Waals surface area contributed by atoms with Gasteiger partial charge in [-0.05, 0) is 23.8 Å². The van der Waals surface area contributed by atoms with Gasteiger partial charge in [0, 0.05) is 23.6 Å². The fourth-order valence-electron chi connectivity index (χ4n) is 1.60. The van der Waals surface area contributed by atoms with Gasteiger partial charge in [-0.3, -0.25) is 25.0 Å². The number of nitro benzene ring substituents is 1. The standard InChI is InChI=1S/C13H7FN2O5S/c14-11-3-2-9(15(18)19)6-10(11)12(17)4-1-8-5-13(16(20)21)22-7-8/h1-7H. The van der Waals surface area contributed by atoms with Crippen LogP contribution in [-0.2, 0) is 0 Å². The number of non-ortho nitro benzene ring substituents is 1. The van der Waals surface area contributed by atoms with Crippen LogP contribution in [0.5, 0.6) is 0 Å². The van der Waals surface area contributed by atoms with Crippen LogP contribution in [-0.4, -0.2) is 15.6 Å². The third-order valence-electron chi connectivity index (χ3n) is 2.64. The Balaban J connectivity index is 2.24. The zero-order chi connectivity index (χ0) is 16.3. The van der Waals surface area contributed by atoms with Gasteiger partial charge in [-0.2, -0.15) is 0 Å². The quantitative estimate of drug-likeness (QED) is 0.362. The van der Waals surface area contributed by atoms with Crippen LogP contribution < -0.4 is 0 Å². The summed E-state index contributed by atoms with van der Waals surface area (Å²) in [5.74, 6) is -1.65. The van der Waals surface area contributed by atoms with E-state index < -0.39 is 32.7 Å². The monoisotopic (exact) mass is 322 g/mol. The van der Waals surface area contributed by atoms with E-state index in [0.29, 0.717) is 5.56 Å². The van der Waals surface area contributed by atoms with Gasteiger partial charge in [0.2, 0.25) is 0 Å². The maximum absolute atomic E-state index is 13.6. The second-order valence-electron chi connectivity index (χ2n) is 4.09. The number of hydrogen-bond acceptors (Lipinski definition) is 6. The molecule has 0 amide bonds. The molecule has 112 valence electrons. The minimum absolute atomic E-state index is 0.0892. The number of thiophene rings is 1. The highest BCUT2D eigenvalue weighted by Gasteiger charge is 2.15. The van der Waals surface area contributed by atoms with Crippen LogP contribution in [0.1, 0.15) is 15.9 Å². The van der Waals surface area contributed by atoms with Crippen LogP contribution in [0.25, 0.3) is 6.08 Å². The van der Waals surface area contributed by atoms with Gasteiger partial charge >= 0.3 is 5.00 Å². The molecule has 0 N–H and O–H groups in total. The maximum Gasteiger partial charge on any atom is 0.324 e. The second-order valence-corrected chi connectivity index (χ2v) is 4.98. The summed E-state index contributed by atoms with van der Waals surface area (Å²) in [7, 11) is 0. The predicted octanol–water partition coefficient (Wildman–Crippen LogP) is 3.60. The molecule has 1 aromatic carbocycles. The normalized spacial score (nSPS) is 10.8. The van der Waals surface area contributed by atoms with Crippen LogP contribution in [0.2, 0.25) is 0 Å². The summed E-state index contributed by atoms with van der Waals surface area (Å²) in [5.41, 5.74) is -0.421. The van der Waals surface area contributed by atoms with E-state index in [9.17, 15) is 29.4 Å². The van der Waals surface area contributed by atoms with E-state index in [1.165, 1.54) is 17.5 Å². The third-order valence-corrected chi connectivity index (χ3v) is 3.54. The van der Waals surface area contributed by atoms with E-state index in [4.69, 9.17) is 0 Å². The maximum atomic E-state index is 13.6. The highest BCUT2D eigenvalue weighted by Crippen LogP contribution is 2.24. The van der Waals surface area contributed by atoms with Crippen molar-refractivity contribution in [3.63, 3.8) is 0 Å². The first kappa shape index (κ1) is 15.4. The van der Waals surface area contributed by atoms with Crippen LogP contribution in [0.3, 0.4) is 0 Å². The van der Waals surface area contributed by atoms with Crippen molar-refractivity contribution in [3.8, 4) is 0 Å². The van der Waals surface area contributed by atoms with E-state index in [0.717, 1.165) is 35.6 Å². The Kier molecular flexibility index (Phi) is 4.37. The minimum Gasteiger partial charge on any atom is -0.289 e. The molecule has 0 bridgehead atoms. The van der Waals surface area contributed by atoms with Crippen LogP contribution >= 0.6 is 11.3 Å². The van der Waals surface area contributed by atoms with Crippen molar-refractivity contribution in [2.45, 2.75) is 0 Å². The summed E-state index contributed by atoms with van der Waals surface area (Å²) in [4.78, 5) is 31.7. The SMILES string of the molecule is O=C(C=Cc1csc([N+](=O)[O-])c1)c1cc([N+](=O)[O-])ccc1F. The van der Waals surface area contributed by atoms with E-state index >= 15 is 0 Å². The Hall–Kier alpha value is -2.94. The average molecular weight is 322 g/mol. The molecule has 0 unspecified atom stereocenters. The number of halogens is 1. The zero-order valence-electron chi connectivity index (χ0n) is 10.8. The lowest BCUT2D eigenvalue weighted by atomic mass is 10.1. The summed E-state index contributed by atoms with van der Waals surface area (Å²) in [6, 6.07) is 3.91. The largest absolute Gasteiger partial charge is 0.324 e. The first-order valence-electron chi connectivity index (χ1n) is 5.78. The Labute approximate surface area is 126 Å². The fourth-order valence-corrected chi connectivity index (χ4v) is 2.29. The minimum atomic E-state index is -0.878. The van der Waals surface area contributed by atoms with Crippen molar-refractivity contribution in [2.75, 3.05) is 0 Å². The fraction of sp³-hybridized carbons (Fsp3) is 0. The molecular weight excluding hydrogens is 315 g/mol. The summed E-state index contributed by atoms with van der Waals surface area (Å²) in [5, 5.41) is 22.5. The number of carbonyl (C=O) groups is 1. The molecule has 22 heavy (non-hydrogen) atoms. The predicted molar refractivity (Wildman–Crippen MR) is 77.4 cm³/mol. The molecule has 0 saturated heterocycles. The molecule has 0 spiro atoms. The molecule has 0 fully saturated rings. The van der Waals surface area contributed by atoms with Crippen molar-refractivity contribution in [1.29, 1.82) is 0 Å². The molecule has 1 heterocycles. The van der Waals surface area contributed by atoms with Gasteiger partial charge in [0.1, 0.15) is 5.82 Å². The first-order chi connectivity index (χ1) is 10.4. The zero-order valence-corrected chi connectivity index (χ0v) is 11.6. The Bertz CT molecular complexity index is 799. The molecule has 2 aromatic rings. The number of benzene rings is 1. The van der Waals surface area contributed by atoms with E-state index in [1.54, 1.807) is 0 Å². The molecule has 0 atom stereocenters. The third kappa shape index (κ3) is 3.38. The van der Waals surface area contributed by atoms with Gasteiger partial charge in [0.05, 0.1) is 15.4 Å². The number of hydrogen-bond donors (Lipinski definition) is 0. The lowest BCUT2D eigenvalue weighted by Crippen LogP contribution is -2.00. The van der Waals surface area contributed by atoms with Crippen LogP contribution in [0, 0.1) is 26.0 Å². The van der Waals surface area contributed by atoms with E-state index in [2.05, 4.69) is 0 Å². The van der Waals surface area contributed by atoms with Crippen molar-refractivity contribution in [2.24, 2.45) is 0 Å². The molecule has 2 rings (SSSR count). The van der Waals surface area contributed by atoms with Crippen LogP contribution in [0.15, 0.2) is 35.7 Å². The van der Waals surface area contributed by atoms with Crippen LogP contribution in [0.4, 0.5) is 15.1 Å². The van der Waals surface area contributed by atoms with Gasteiger partial charge < -0.3 is 0 Å². The smallest absolute Gasteiger partial charge is 0.289 e. The number of carbonyl (C=O) groups excluding carboxylic acids is 1. The van der Waals surface area contributed by atoms with E-state index in [-0.39, 0.29) is 5.00 Å². The summed E-state index contributed by atoms with van der Waals surface area (Å²) in [6.45, 7) is 0. The first-order valence-corrected chi connectivity index (χ1v) is 6.65. The number of rotatable bonds is 5. The highest BCUT2D eigenvalue weighted by molar-refractivity contribution is 7.13. The molecule has 0 saturated carbocycles. The molecular formula is C13H7FN2O5S. The summed E-state index contributed by atoms with van der Waals surface area (Å²) >= 11 is 0.890. The van der Waals surface area contributed by atoms with E-state index in [1.807, 2.05) is 0 Å². The Morgan fingerprint density at radius 2 is 1.91 bits per heavy atom. The van der Waals surface area contributed by atoms with Crippen molar-refractivity contribution < 1.29 is 19.0 Å². The number of ketones is 1. The van der Waals surface area contributed by atoms with Crippen molar-refractivity contribution >= 4 is 33.9 Å². The van der Waals surface area contributed by atoms with Crippen molar-refractivity contribution in [3.05, 3.63) is 72.9 Å². The molecule has 0 radical (unpaired) electrons. The molecule has 0 aliphatic carbocycles. The number of nitrogens with zero attached hydrogens (tertiary/aromatic N) is 2. The summed E-state index contributed by atoms with van der Waals surface area (Å²) < 4.78 is 13.6. The molecule has 9 heteroatoms. The van der Waals surface area contributed by atoms with Gasteiger partial charge in [0.15, 0.2) is 5.78 Å². The molecule has 7 nitrogen and oxygen atoms in total. The highest BCUT2D eigenvalue weighted by atomic mass is 32.1. The van der Waals surface area contributed by atoms with Gasteiger partial charge in [-0.15, -0.1) is 0 Å². The Morgan fingerprint density at radius 1 is 1.18 bits per heavy atom. The molecule has 1 aromatic heterocycles.